The second kappa shape index (κ2) is 9.99. The van der Waals surface area contributed by atoms with Crippen LogP contribution in [0.5, 0.6) is 0 Å². The van der Waals surface area contributed by atoms with E-state index in [9.17, 15) is 13.2 Å². The first-order valence-electron chi connectivity index (χ1n) is 11.4. The number of hydrogen-bond donors (Lipinski definition) is 0. The minimum absolute atomic E-state index is 0.123. The Balaban J connectivity index is 1.58. The van der Waals surface area contributed by atoms with E-state index in [2.05, 4.69) is 15.0 Å². The van der Waals surface area contributed by atoms with Crippen LogP contribution in [-0.4, -0.2) is 55.0 Å². The molecule has 2 aliphatic rings. The van der Waals surface area contributed by atoms with Gasteiger partial charge in [0.1, 0.15) is 0 Å². The summed E-state index contributed by atoms with van der Waals surface area (Å²) in [7, 11) is -3.66. The number of rotatable bonds is 8. The Labute approximate surface area is 188 Å². The lowest BCUT2D eigenvalue weighted by molar-refractivity contribution is 0.0430. The largest absolute Gasteiger partial charge is 0.452 e. The number of anilines is 1. The molecule has 32 heavy (non-hydrogen) atoms. The molecule has 0 aliphatic carbocycles. The van der Waals surface area contributed by atoms with Gasteiger partial charge in [-0.3, -0.25) is 0 Å². The fourth-order valence-corrected chi connectivity index (χ4v) is 5.75. The molecule has 2 aliphatic heterocycles. The molecule has 1 aromatic carbocycles. The SMILES string of the molecule is CCCc1noc(COC(=O)c2cc(S(=O)(=O)N3CCCCC3)ccc2N2CCCC2)n1. The van der Waals surface area contributed by atoms with Gasteiger partial charge in [-0.05, 0) is 50.3 Å². The van der Waals surface area contributed by atoms with Crippen molar-refractivity contribution in [2.24, 2.45) is 0 Å². The Hall–Kier alpha value is -2.46. The minimum atomic E-state index is -3.66. The third kappa shape index (κ3) is 4.96. The minimum Gasteiger partial charge on any atom is -0.452 e. The van der Waals surface area contributed by atoms with E-state index in [0.717, 1.165) is 51.6 Å². The number of benzene rings is 1. The van der Waals surface area contributed by atoms with Crippen molar-refractivity contribution >= 4 is 21.7 Å². The number of piperidine rings is 1. The molecule has 1 aromatic heterocycles. The molecule has 2 saturated heterocycles. The van der Waals surface area contributed by atoms with Gasteiger partial charge < -0.3 is 14.2 Å². The van der Waals surface area contributed by atoms with E-state index in [4.69, 9.17) is 9.26 Å². The average Bonchev–Trinajstić information content (AvgIpc) is 3.50. The van der Waals surface area contributed by atoms with Gasteiger partial charge in [0, 0.05) is 32.6 Å². The predicted molar refractivity (Wildman–Crippen MR) is 118 cm³/mol. The van der Waals surface area contributed by atoms with Crippen molar-refractivity contribution in [3.8, 4) is 0 Å². The van der Waals surface area contributed by atoms with E-state index in [0.29, 0.717) is 31.0 Å². The van der Waals surface area contributed by atoms with Gasteiger partial charge in [-0.25, -0.2) is 13.2 Å². The third-order valence-electron chi connectivity index (χ3n) is 5.90. The van der Waals surface area contributed by atoms with Crippen LogP contribution in [0.3, 0.4) is 0 Å². The topological polar surface area (TPSA) is 106 Å². The number of carbonyl (C=O) groups is 1. The van der Waals surface area contributed by atoms with Gasteiger partial charge in [-0.1, -0.05) is 18.5 Å². The lowest BCUT2D eigenvalue weighted by Gasteiger charge is -2.27. The van der Waals surface area contributed by atoms with Gasteiger partial charge in [0.25, 0.3) is 5.89 Å². The molecule has 3 heterocycles. The highest BCUT2D eigenvalue weighted by Crippen LogP contribution is 2.30. The summed E-state index contributed by atoms with van der Waals surface area (Å²) < 4.78 is 38.4. The molecular formula is C22H30N4O5S. The van der Waals surface area contributed by atoms with Crippen molar-refractivity contribution < 1.29 is 22.5 Å². The summed E-state index contributed by atoms with van der Waals surface area (Å²) in [5.74, 6) is 0.199. The van der Waals surface area contributed by atoms with Gasteiger partial charge in [0.2, 0.25) is 10.0 Å². The number of sulfonamides is 1. The Morgan fingerprint density at radius 3 is 2.53 bits per heavy atom. The Bertz CT molecular complexity index is 1040. The maximum atomic E-state index is 13.2. The molecule has 174 valence electrons. The summed E-state index contributed by atoms with van der Waals surface area (Å²) in [6.45, 7) is 4.52. The van der Waals surface area contributed by atoms with Crippen molar-refractivity contribution in [3.63, 3.8) is 0 Å². The summed E-state index contributed by atoms with van der Waals surface area (Å²) in [5.41, 5.74) is 0.945. The smallest absolute Gasteiger partial charge is 0.340 e. The predicted octanol–water partition coefficient (Wildman–Crippen LogP) is 3.15. The van der Waals surface area contributed by atoms with E-state index in [1.54, 1.807) is 12.1 Å². The summed E-state index contributed by atoms with van der Waals surface area (Å²) >= 11 is 0. The molecule has 0 atom stereocenters. The summed E-state index contributed by atoms with van der Waals surface area (Å²) in [6.07, 6.45) is 6.37. The Morgan fingerprint density at radius 2 is 1.81 bits per heavy atom. The van der Waals surface area contributed by atoms with E-state index < -0.39 is 16.0 Å². The van der Waals surface area contributed by atoms with Crippen LogP contribution in [0.25, 0.3) is 0 Å². The summed E-state index contributed by atoms with van der Waals surface area (Å²) in [4.78, 5) is 19.5. The first-order chi connectivity index (χ1) is 15.5. The van der Waals surface area contributed by atoms with Crippen LogP contribution >= 0.6 is 0 Å². The lowest BCUT2D eigenvalue weighted by Crippen LogP contribution is -2.35. The highest BCUT2D eigenvalue weighted by molar-refractivity contribution is 7.89. The van der Waals surface area contributed by atoms with Crippen LogP contribution in [0.4, 0.5) is 5.69 Å². The highest BCUT2D eigenvalue weighted by Gasteiger charge is 2.29. The second-order valence-corrected chi connectivity index (χ2v) is 10.2. The van der Waals surface area contributed by atoms with Crippen molar-refractivity contribution in [2.45, 2.75) is 63.4 Å². The van der Waals surface area contributed by atoms with Crippen LogP contribution in [0.2, 0.25) is 0 Å². The monoisotopic (exact) mass is 462 g/mol. The number of aromatic nitrogens is 2. The van der Waals surface area contributed by atoms with E-state index in [-0.39, 0.29) is 23.0 Å². The molecular weight excluding hydrogens is 432 g/mol. The first-order valence-corrected chi connectivity index (χ1v) is 12.8. The highest BCUT2D eigenvalue weighted by atomic mass is 32.2. The number of ether oxygens (including phenoxy) is 1. The quantitative estimate of drug-likeness (QED) is 0.551. The van der Waals surface area contributed by atoms with E-state index in [1.165, 1.54) is 10.4 Å². The van der Waals surface area contributed by atoms with Gasteiger partial charge in [0.05, 0.1) is 16.1 Å². The van der Waals surface area contributed by atoms with Gasteiger partial charge >= 0.3 is 5.97 Å². The molecule has 2 aromatic rings. The maximum absolute atomic E-state index is 13.2. The first kappa shape index (κ1) is 22.7. The zero-order chi connectivity index (χ0) is 22.6. The molecule has 0 amide bonds. The molecule has 10 heteroatoms. The normalized spacial score (nSPS) is 17.6. The summed E-state index contributed by atoms with van der Waals surface area (Å²) in [6, 6.07) is 4.78. The van der Waals surface area contributed by atoms with Crippen molar-refractivity contribution in [1.29, 1.82) is 0 Å². The van der Waals surface area contributed by atoms with Crippen LogP contribution in [0.15, 0.2) is 27.6 Å². The second-order valence-electron chi connectivity index (χ2n) is 8.27. The molecule has 0 bridgehead atoms. The fourth-order valence-electron chi connectivity index (χ4n) is 4.21. The van der Waals surface area contributed by atoms with Gasteiger partial charge in [-0.2, -0.15) is 9.29 Å². The number of hydrogen-bond acceptors (Lipinski definition) is 8. The summed E-state index contributed by atoms with van der Waals surface area (Å²) in [5, 5.41) is 3.86. The number of esters is 1. The third-order valence-corrected chi connectivity index (χ3v) is 7.79. The number of carbonyl (C=O) groups excluding carboxylic acids is 1. The molecule has 0 spiro atoms. The molecule has 0 saturated carbocycles. The van der Waals surface area contributed by atoms with Gasteiger partial charge in [0.15, 0.2) is 12.4 Å². The molecule has 4 rings (SSSR count). The van der Waals surface area contributed by atoms with Crippen LogP contribution in [0, 0.1) is 0 Å². The molecule has 0 unspecified atom stereocenters. The average molecular weight is 463 g/mol. The Kier molecular flexibility index (Phi) is 7.10. The van der Waals surface area contributed by atoms with Crippen molar-refractivity contribution in [3.05, 3.63) is 35.5 Å². The standard InChI is InChI=1S/C22H30N4O5S/c1-2-8-20-23-21(31-24-20)16-30-22(27)18-15-17(9-10-19(18)25-11-6-7-12-25)32(28,29)26-13-4-3-5-14-26/h9-10,15H,2-8,11-14,16H2,1H3. The van der Waals surface area contributed by atoms with Crippen molar-refractivity contribution in [1.82, 2.24) is 14.4 Å². The molecule has 9 nitrogen and oxygen atoms in total. The fraction of sp³-hybridized carbons (Fsp3) is 0.591. The van der Waals surface area contributed by atoms with E-state index >= 15 is 0 Å². The van der Waals surface area contributed by atoms with Crippen LogP contribution in [-0.2, 0) is 27.8 Å². The molecule has 2 fully saturated rings. The van der Waals surface area contributed by atoms with Crippen LogP contribution in [0.1, 0.15) is 67.5 Å². The molecule has 0 N–H and O–H groups in total. The number of nitrogens with zero attached hydrogens (tertiary/aromatic N) is 4. The lowest BCUT2D eigenvalue weighted by atomic mass is 10.1. The van der Waals surface area contributed by atoms with E-state index in [1.807, 2.05) is 6.92 Å². The van der Waals surface area contributed by atoms with Crippen LogP contribution < -0.4 is 4.90 Å². The zero-order valence-electron chi connectivity index (χ0n) is 18.5. The number of aryl methyl sites for hydroxylation is 1. The zero-order valence-corrected chi connectivity index (χ0v) is 19.3. The molecule has 0 radical (unpaired) electrons. The van der Waals surface area contributed by atoms with Crippen molar-refractivity contribution in [2.75, 3.05) is 31.1 Å². The Morgan fingerprint density at radius 1 is 1.09 bits per heavy atom. The van der Waals surface area contributed by atoms with Gasteiger partial charge in [-0.15, -0.1) is 0 Å². The maximum Gasteiger partial charge on any atom is 0.340 e.